The van der Waals surface area contributed by atoms with E-state index in [1.807, 2.05) is 64.1 Å². The molecule has 0 fully saturated rings. The number of aryl methyl sites for hydroxylation is 3. The molecule has 0 saturated carbocycles. The number of nitrogens with one attached hydrogen (secondary N) is 3. The normalized spacial score (nSPS) is 11.3. The Morgan fingerprint density at radius 3 is 2.23 bits per heavy atom. The first kappa shape index (κ1) is 22.9. The zero-order chi connectivity index (χ0) is 22.1. The van der Waals surface area contributed by atoms with E-state index in [-0.39, 0.29) is 18.7 Å². The third kappa shape index (κ3) is 6.92. The molecule has 0 aliphatic rings. The highest BCUT2D eigenvalue weighted by molar-refractivity contribution is 5.93. The summed E-state index contributed by atoms with van der Waals surface area (Å²) in [5, 5.41) is 2.76. The highest BCUT2D eigenvalue weighted by Gasteiger charge is 2.19. The molecular formula is C23H29N3O4. The van der Waals surface area contributed by atoms with Crippen LogP contribution in [0.25, 0.3) is 0 Å². The maximum atomic E-state index is 12.3. The van der Waals surface area contributed by atoms with Crippen molar-refractivity contribution in [3.05, 3.63) is 59.2 Å². The smallest absolute Gasteiger partial charge is 0.279 e. The van der Waals surface area contributed by atoms with Gasteiger partial charge in [0.1, 0.15) is 5.75 Å². The SMILES string of the molecule is CCC(Oc1ccccc1C)C(=O)NNC(=O)CCC(=O)Nc1ccc(C)c(C)c1. The Balaban J connectivity index is 1.76. The lowest BCUT2D eigenvalue weighted by atomic mass is 10.1. The number of benzene rings is 2. The van der Waals surface area contributed by atoms with Crippen LogP contribution in [0.15, 0.2) is 42.5 Å². The van der Waals surface area contributed by atoms with E-state index in [9.17, 15) is 14.4 Å². The Bertz CT molecular complexity index is 911. The third-order valence-electron chi connectivity index (χ3n) is 4.72. The largest absolute Gasteiger partial charge is 0.480 e. The van der Waals surface area contributed by atoms with Crippen molar-refractivity contribution in [1.29, 1.82) is 0 Å². The zero-order valence-electron chi connectivity index (χ0n) is 17.9. The van der Waals surface area contributed by atoms with Gasteiger partial charge in [-0.25, -0.2) is 0 Å². The number of hydrazine groups is 1. The minimum absolute atomic E-state index is 0.00550. The van der Waals surface area contributed by atoms with Gasteiger partial charge in [0.05, 0.1) is 0 Å². The lowest BCUT2D eigenvalue weighted by molar-refractivity contribution is -0.133. The number of ether oxygens (including phenoxy) is 1. The first-order valence-corrected chi connectivity index (χ1v) is 9.98. The molecule has 3 amide bonds. The summed E-state index contributed by atoms with van der Waals surface area (Å²) < 4.78 is 5.74. The Hall–Kier alpha value is -3.35. The summed E-state index contributed by atoms with van der Waals surface area (Å²) in [5.41, 5.74) is 8.52. The van der Waals surface area contributed by atoms with E-state index in [4.69, 9.17) is 4.74 Å². The summed E-state index contributed by atoms with van der Waals surface area (Å²) in [6.45, 7) is 7.67. The first-order valence-electron chi connectivity index (χ1n) is 9.98. The van der Waals surface area contributed by atoms with Gasteiger partial charge < -0.3 is 10.1 Å². The van der Waals surface area contributed by atoms with Crippen LogP contribution in [-0.2, 0) is 14.4 Å². The van der Waals surface area contributed by atoms with Crippen LogP contribution in [0.1, 0.15) is 42.9 Å². The summed E-state index contributed by atoms with van der Waals surface area (Å²) in [6, 6.07) is 13.0. The molecular weight excluding hydrogens is 382 g/mol. The third-order valence-corrected chi connectivity index (χ3v) is 4.72. The Morgan fingerprint density at radius 2 is 1.57 bits per heavy atom. The molecule has 0 heterocycles. The molecule has 7 nitrogen and oxygen atoms in total. The van der Waals surface area contributed by atoms with Crippen molar-refractivity contribution in [3.8, 4) is 5.75 Å². The summed E-state index contributed by atoms with van der Waals surface area (Å²) >= 11 is 0. The van der Waals surface area contributed by atoms with E-state index in [2.05, 4.69) is 16.2 Å². The van der Waals surface area contributed by atoms with Gasteiger partial charge in [0.2, 0.25) is 11.8 Å². The number of anilines is 1. The molecule has 7 heteroatoms. The van der Waals surface area contributed by atoms with Crippen molar-refractivity contribution in [1.82, 2.24) is 10.9 Å². The van der Waals surface area contributed by atoms with Crippen LogP contribution in [0.3, 0.4) is 0 Å². The molecule has 1 unspecified atom stereocenters. The van der Waals surface area contributed by atoms with Gasteiger partial charge in [0, 0.05) is 18.5 Å². The fraction of sp³-hybridized carbons (Fsp3) is 0.348. The van der Waals surface area contributed by atoms with Crippen molar-refractivity contribution in [3.63, 3.8) is 0 Å². The zero-order valence-corrected chi connectivity index (χ0v) is 17.9. The van der Waals surface area contributed by atoms with Crippen molar-refractivity contribution < 1.29 is 19.1 Å². The van der Waals surface area contributed by atoms with E-state index >= 15 is 0 Å². The molecule has 2 rings (SSSR count). The average molecular weight is 412 g/mol. The second kappa shape index (κ2) is 11.0. The number of hydrogen-bond acceptors (Lipinski definition) is 4. The predicted molar refractivity (Wildman–Crippen MR) is 116 cm³/mol. The molecule has 0 radical (unpaired) electrons. The van der Waals surface area contributed by atoms with Gasteiger partial charge in [-0.1, -0.05) is 31.2 Å². The molecule has 0 spiro atoms. The minimum Gasteiger partial charge on any atom is -0.480 e. The number of carbonyl (C=O) groups is 3. The second-order valence-corrected chi connectivity index (χ2v) is 7.16. The fourth-order valence-corrected chi connectivity index (χ4v) is 2.71. The Labute approximate surface area is 177 Å². The van der Waals surface area contributed by atoms with Gasteiger partial charge in [-0.3, -0.25) is 25.2 Å². The van der Waals surface area contributed by atoms with Gasteiger partial charge in [-0.05, 0) is 62.1 Å². The number of rotatable bonds is 8. The van der Waals surface area contributed by atoms with Crippen LogP contribution in [0.4, 0.5) is 5.69 Å². The van der Waals surface area contributed by atoms with E-state index in [0.29, 0.717) is 17.9 Å². The molecule has 3 N–H and O–H groups in total. The first-order chi connectivity index (χ1) is 14.3. The minimum atomic E-state index is -0.737. The molecule has 2 aromatic carbocycles. The highest BCUT2D eigenvalue weighted by atomic mass is 16.5. The van der Waals surface area contributed by atoms with Crippen molar-refractivity contribution >= 4 is 23.4 Å². The van der Waals surface area contributed by atoms with E-state index in [1.54, 1.807) is 6.07 Å². The van der Waals surface area contributed by atoms with Gasteiger partial charge in [-0.2, -0.15) is 0 Å². The van der Waals surface area contributed by atoms with Crippen molar-refractivity contribution in [2.24, 2.45) is 0 Å². The molecule has 0 bridgehead atoms. The van der Waals surface area contributed by atoms with Gasteiger partial charge in [0.15, 0.2) is 6.10 Å². The predicted octanol–water partition coefficient (Wildman–Crippen LogP) is 3.34. The van der Waals surface area contributed by atoms with Crippen LogP contribution in [0.5, 0.6) is 5.75 Å². The lowest BCUT2D eigenvalue weighted by Crippen LogP contribution is -2.48. The molecule has 160 valence electrons. The second-order valence-electron chi connectivity index (χ2n) is 7.16. The lowest BCUT2D eigenvalue weighted by Gasteiger charge is -2.18. The van der Waals surface area contributed by atoms with Gasteiger partial charge in [0.25, 0.3) is 5.91 Å². The molecule has 0 aromatic heterocycles. The topological polar surface area (TPSA) is 96.5 Å². The van der Waals surface area contributed by atoms with Crippen molar-refractivity contribution in [2.75, 3.05) is 5.32 Å². The molecule has 2 aromatic rings. The Morgan fingerprint density at radius 1 is 0.867 bits per heavy atom. The fourth-order valence-electron chi connectivity index (χ4n) is 2.71. The summed E-state index contributed by atoms with van der Waals surface area (Å²) in [5.74, 6) is -0.555. The molecule has 30 heavy (non-hydrogen) atoms. The quantitative estimate of drug-likeness (QED) is 0.581. The van der Waals surface area contributed by atoms with Gasteiger partial charge >= 0.3 is 0 Å². The van der Waals surface area contributed by atoms with Crippen LogP contribution < -0.4 is 20.9 Å². The van der Waals surface area contributed by atoms with E-state index in [0.717, 1.165) is 16.7 Å². The maximum Gasteiger partial charge on any atom is 0.279 e. The molecule has 0 saturated heterocycles. The summed E-state index contributed by atoms with van der Waals surface area (Å²) in [4.78, 5) is 36.3. The Kier molecular flexibility index (Phi) is 8.41. The number of para-hydroxylation sites is 1. The van der Waals surface area contributed by atoms with Crippen molar-refractivity contribution in [2.45, 2.75) is 53.1 Å². The maximum absolute atomic E-state index is 12.3. The molecule has 1 atom stereocenters. The molecule has 0 aliphatic carbocycles. The van der Waals surface area contributed by atoms with Crippen LogP contribution in [0.2, 0.25) is 0 Å². The highest BCUT2D eigenvalue weighted by Crippen LogP contribution is 2.19. The molecule has 0 aliphatic heterocycles. The number of carbonyl (C=O) groups excluding carboxylic acids is 3. The standard InChI is InChI=1S/C23H29N3O4/c1-5-19(30-20-9-7-6-8-16(20)3)23(29)26-25-22(28)13-12-21(27)24-18-11-10-15(2)17(4)14-18/h6-11,14,19H,5,12-13H2,1-4H3,(H,24,27)(H,25,28)(H,26,29). The van der Waals surface area contributed by atoms with Crippen LogP contribution in [0, 0.1) is 20.8 Å². The summed E-state index contributed by atoms with van der Waals surface area (Å²) in [6.07, 6.45) is -0.341. The van der Waals surface area contributed by atoms with Crippen LogP contribution >= 0.6 is 0 Å². The van der Waals surface area contributed by atoms with E-state index < -0.39 is 17.9 Å². The van der Waals surface area contributed by atoms with E-state index in [1.165, 1.54) is 0 Å². The van der Waals surface area contributed by atoms with Crippen LogP contribution in [-0.4, -0.2) is 23.8 Å². The van der Waals surface area contributed by atoms with Gasteiger partial charge in [-0.15, -0.1) is 0 Å². The number of amides is 3. The monoisotopic (exact) mass is 411 g/mol. The number of hydrogen-bond donors (Lipinski definition) is 3. The average Bonchev–Trinajstić information content (AvgIpc) is 2.72. The summed E-state index contributed by atoms with van der Waals surface area (Å²) in [7, 11) is 0.